The Morgan fingerprint density at radius 3 is 2.50 bits per heavy atom. The van der Waals surface area contributed by atoms with Crippen molar-refractivity contribution in [1.29, 1.82) is 0 Å². The van der Waals surface area contributed by atoms with E-state index in [-0.39, 0.29) is 26.8 Å². The van der Waals surface area contributed by atoms with Crippen molar-refractivity contribution in [3.63, 3.8) is 0 Å². The number of halogens is 1. The van der Waals surface area contributed by atoms with Crippen LogP contribution in [0.15, 0.2) is 18.2 Å². The Morgan fingerprint density at radius 2 is 1.92 bits per heavy atom. The predicted octanol–water partition coefficient (Wildman–Crippen LogP) is 2.53. The fraction of sp³-hybridized carbons (Fsp3) is 0.200. The fourth-order valence-electron chi connectivity index (χ4n) is 2.11. The number of carbonyl (C=O) groups is 2. The molecule has 1 aromatic heterocycles. The molecule has 0 fully saturated rings. The van der Waals surface area contributed by atoms with Crippen LogP contribution < -0.4 is 10.5 Å². The third-order valence-corrected chi connectivity index (χ3v) is 4.33. The topological polar surface area (TPSA) is 131 Å². The van der Waals surface area contributed by atoms with Crippen LogP contribution >= 0.6 is 11.3 Å². The van der Waals surface area contributed by atoms with E-state index in [0.29, 0.717) is 0 Å². The van der Waals surface area contributed by atoms with Crippen molar-refractivity contribution in [1.82, 2.24) is 0 Å². The van der Waals surface area contributed by atoms with Crippen molar-refractivity contribution in [2.24, 2.45) is 0 Å². The van der Waals surface area contributed by atoms with Crippen molar-refractivity contribution >= 4 is 34.0 Å². The molecule has 1 heterocycles. The van der Waals surface area contributed by atoms with E-state index in [1.54, 1.807) is 0 Å². The highest BCUT2D eigenvalue weighted by molar-refractivity contribution is 7.18. The number of nitrogens with zero attached hydrogens (tertiary/aromatic N) is 1. The Bertz CT molecular complexity index is 881. The molecular formula is C15H13FN2O7S. The molecule has 0 atom stereocenters. The van der Waals surface area contributed by atoms with Gasteiger partial charge in [-0.25, -0.2) is 14.0 Å². The van der Waals surface area contributed by atoms with Gasteiger partial charge in [0.05, 0.1) is 19.1 Å². The van der Waals surface area contributed by atoms with Gasteiger partial charge in [0.15, 0.2) is 5.75 Å². The van der Waals surface area contributed by atoms with Crippen molar-refractivity contribution < 1.29 is 33.1 Å². The summed E-state index contributed by atoms with van der Waals surface area (Å²) in [5, 5.41) is 11.0. The molecule has 0 saturated heterocycles. The van der Waals surface area contributed by atoms with Gasteiger partial charge in [0, 0.05) is 17.7 Å². The summed E-state index contributed by atoms with van der Waals surface area (Å²) in [5.41, 5.74) is 5.21. The Labute approximate surface area is 150 Å². The number of nitrogen functional groups attached to an aromatic ring is 1. The summed E-state index contributed by atoms with van der Waals surface area (Å²) in [5.74, 6) is -2.71. The Morgan fingerprint density at radius 1 is 1.27 bits per heavy atom. The second kappa shape index (κ2) is 7.78. The maximum Gasteiger partial charge on any atom is 0.348 e. The highest BCUT2D eigenvalue weighted by Gasteiger charge is 2.28. The number of benzene rings is 1. The lowest BCUT2D eigenvalue weighted by molar-refractivity contribution is -0.386. The van der Waals surface area contributed by atoms with E-state index in [9.17, 15) is 24.1 Å². The summed E-state index contributed by atoms with van der Waals surface area (Å²) in [4.78, 5) is 34.1. The van der Waals surface area contributed by atoms with Gasteiger partial charge in [-0.1, -0.05) is 0 Å². The molecule has 0 unspecified atom stereocenters. The minimum atomic E-state index is -0.818. The van der Waals surface area contributed by atoms with Gasteiger partial charge < -0.3 is 19.9 Å². The predicted molar refractivity (Wildman–Crippen MR) is 88.8 cm³/mol. The van der Waals surface area contributed by atoms with Crippen molar-refractivity contribution in [2.45, 2.75) is 6.61 Å². The van der Waals surface area contributed by atoms with Crippen molar-refractivity contribution in [2.75, 3.05) is 20.0 Å². The van der Waals surface area contributed by atoms with E-state index in [2.05, 4.69) is 9.47 Å². The summed E-state index contributed by atoms with van der Waals surface area (Å²) >= 11 is 0.781. The van der Waals surface area contributed by atoms with Crippen molar-refractivity contribution in [3.8, 4) is 5.75 Å². The quantitative estimate of drug-likeness (QED) is 0.457. The summed E-state index contributed by atoms with van der Waals surface area (Å²) in [6.07, 6.45) is 0. The first-order chi connectivity index (χ1) is 12.3. The molecule has 138 valence electrons. The van der Waals surface area contributed by atoms with E-state index in [4.69, 9.17) is 10.5 Å². The number of esters is 2. The average Bonchev–Trinajstić information content (AvgIpc) is 2.94. The van der Waals surface area contributed by atoms with Crippen LogP contribution in [0.25, 0.3) is 0 Å². The van der Waals surface area contributed by atoms with Gasteiger partial charge in [-0.15, -0.1) is 11.3 Å². The van der Waals surface area contributed by atoms with Gasteiger partial charge in [0.25, 0.3) is 0 Å². The Kier molecular flexibility index (Phi) is 5.72. The average molecular weight is 384 g/mol. The number of nitro groups is 1. The molecule has 2 N–H and O–H groups in total. The number of hydrogen-bond acceptors (Lipinski definition) is 9. The lowest BCUT2D eigenvalue weighted by atomic mass is 10.1. The standard InChI is InChI=1S/C15H13FN2O7S/c1-23-14(19)11-8(12(15(20)24-2)26-13(11)17)6-25-10-5-7(16)3-4-9(10)18(21)22/h3-5H,6,17H2,1-2H3. The molecule has 0 aliphatic heterocycles. The number of hydrogen-bond donors (Lipinski definition) is 1. The molecule has 0 spiro atoms. The first-order valence-electron chi connectivity index (χ1n) is 6.94. The molecule has 0 aliphatic carbocycles. The van der Waals surface area contributed by atoms with Gasteiger partial charge >= 0.3 is 17.6 Å². The van der Waals surface area contributed by atoms with Crippen LogP contribution in [-0.2, 0) is 16.1 Å². The summed E-state index contributed by atoms with van der Waals surface area (Å²) in [6.45, 7) is -0.465. The molecule has 0 amide bonds. The van der Waals surface area contributed by atoms with Gasteiger partial charge in [-0.3, -0.25) is 10.1 Å². The number of methoxy groups -OCH3 is 2. The molecule has 0 bridgehead atoms. The van der Waals surface area contributed by atoms with E-state index >= 15 is 0 Å². The molecule has 1 aromatic carbocycles. The SMILES string of the molecule is COC(=O)c1sc(N)c(C(=O)OC)c1COc1cc(F)ccc1[N+](=O)[O-]. The lowest BCUT2D eigenvalue weighted by Crippen LogP contribution is -2.11. The summed E-state index contributed by atoms with van der Waals surface area (Å²) in [6, 6.07) is 2.67. The molecule has 2 rings (SSSR count). The molecule has 26 heavy (non-hydrogen) atoms. The maximum absolute atomic E-state index is 13.4. The number of anilines is 1. The number of ether oxygens (including phenoxy) is 3. The normalized spacial score (nSPS) is 10.3. The van der Waals surface area contributed by atoms with Crippen LogP contribution in [0, 0.1) is 15.9 Å². The minimum Gasteiger partial charge on any atom is -0.482 e. The number of rotatable bonds is 6. The van der Waals surface area contributed by atoms with Gasteiger partial charge in [0.2, 0.25) is 0 Å². The third kappa shape index (κ3) is 3.72. The summed E-state index contributed by atoms with van der Waals surface area (Å²) in [7, 11) is 2.26. The molecule has 0 saturated carbocycles. The highest BCUT2D eigenvalue weighted by atomic mass is 32.1. The van der Waals surface area contributed by atoms with E-state index in [0.717, 1.165) is 43.8 Å². The number of nitrogens with two attached hydrogens (primary N) is 1. The Hall–Kier alpha value is -3.21. The first-order valence-corrected chi connectivity index (χ1v) is 7.76. The van der Waals surface area contributed by atoms with Gasteiger partial charge in [-0.05, 0) is 6.07 Å². The monoisotopic (exact) mass is 384 g/mol. The number of thiophene rings is 1. The molecular weight excluding hydrogens is 371 g/mol. The Balaban J connectivity index is 2.46. The third-order valence-electron chi connectivity index (χ3n) is 3.29. The zero-order chi connectivity index (χ0) is 19.4. The number of nitro benzene ring substituents is 1. The van der Waals surface area contributed by atoms with Gasteiger partial charge in [0.1, 0.15) is 27.9 Å². The van der Waals surface area contributed by atoms with Crippen molar-refractivity contribution in [3.05, 3.63) is 50.1 Å². The van der Waals surface area contributed by atoms with Gasteiger partial charge in [-0.2, -0.15) is 0 Å². The van der Waals surface area contributed by atoms with Crippen LogP contribution in [-0.4, -0.2) is 31.1 Å². The maximum atomic E-state index is 13.4. The highest BCUT2D eigenvalue weighted by Crippen LogP contribution is 2.35. The summed E-state index contributed by atoms with van der Waals surface area (Å²) < 4.78 is 28.0. The van der Waals surface area contributed by atoms with Crippen LogP contribution in [0.5, 0.6) is 5.75 Å². The minimum absolute atomic E-state index is 0.00964. The van der Waals surface area contributed by atoms with Crippen LogP contribution in [0.2, 0.25) is 0 Å². The fourth-order valence-corrected chi connectivity index (χ4v) is 3.09. The molecule has 9 nitrogen and oxygen atoms in total. The molecule has 0 aliphatic rings. The first kappa shape index (κ1) is 19.1. The number of carbonyl (C=O) groups excluding carboxylic acids is 2. The molecule has 2 aromatic rings. The second-order valence-corrected chi connectivity index (χ2v) is 5.84. The second-order valence-electron chi connectivity index (χ2n) is 4.79. The van der Waals surface area contributed by atoms with E-state index in [1.807, 2.05) is 0 Å². The van der Waals surface area contributed by atoms with Crippen LogP contribution in [0.3, 0.4) is 0 Å². The zero-order valence-electron chi connectivity index (χ0n) is 13.6. The molecule has 0 radical (unpaired) electrons. The van der Waals surface area contributed by atoms with E-state index < -0.39 is 35.0 Å². The van der Waals surface area contributed by atoms with Crippen LogP contribution in [0.4, 0.5) is 15.1 Å². The largest absolute Gasteiger partial charge is 0.482 e. The van der Waals surface area contributed by atoms with Crippen LogP contribution in [0.1, 0.15) is 25.6 Å². The van der Waals surface area contributed by atoms with E-state index in [1.165, 1.54) is 0 Å². The molecule has 11 heteroatoms. The lowest BCUT2D eigenvalue weighted by Gasteiger charge is -2.09. The smallest absolute Gasteiger partial charge is 0.348 e. The zero-order valence-corrected chi connectivity index (χ0v) is 14.4.